The van der Waals surface area contributed by atoms with Crippen LogP contribution < -0.4 is 5.73 Å². The van der Waals surface area contributed by atoms with Crippen LogP contribution in [0.15, 0.2) is 4.40 Å². The molecule has 10 heavy (non-hydrogen) atoms. The van der Waals surface area contributed by atoms with Gasteiger partial charge in [-0.05, 0) is 0 Å². The van der Waals surface area contributed by atoms with Crippen LogP contribution in [-0.2, 0) is 14.8 Å². The summed E-state index contributed by atoms with van der Waals surface area (Å²) in [4.78, 5) is 0. The Hall–Kier alpha value is -0.0500. The van der Waals surface area contributed by atoms with Gasteiger partial charge in [-0.1, -0.05) is 22.6 Å². The molecule has 0 fully saturated rings. The highest BCUT2D eigenvalue weighted by Gasteiger charge is 2.05. The molecule has 0 aliphatic rings. The lowest BCUT2D eigenvalue weighted by molar-refractivity contribution is 0.397. The molecule has 2 N–H and O–H groups in total. The van der Waals surface area contributed by atoms with Gasteiger partial charge < -0.3 is 10.5 Å². The van der Waals surface area contributed by atoms with Crippen LogP contribution in [0, 0.1) is 0 Å². The number of alkyl halides is 1. The summed E-state index contributed by atoms with van der Waals surface area (Å²) in [5, 5.41) is 0. The van der Waals surface area contributed by atoms with Crippen LogP contribution >= 0.6 is 22.6 Å². The van der Waals surface area contributed by atoms with Crippen molar-refractivity contribution in [3.8, 4) is 0 Å². The molecule has 0 aromatic rings. The summed E-state index contributed by atoms with van der Waals surface area (Å²) in [5.41, 5.74) is 4.98. The van der Waals surface area contributed by atoms with E-state index in [1.54, 1.807) is 22.6 Å². The van der Waals surface area contributed by atoms with Gasteiger partial charge in [-0.25, -0.2) is 8.42 Å². The van der Waals surface area contributed by atoms with Crippen molar-refractivity contribution in [1.82, 2.24) is 0 Å². The Morgan fingerprint density at radius 3 is 2.60 bits per heavy atom. The minimum atomic E-state index is -3.41. The van der Waals surface area contributed by atoms with Crippen molar-refractivity contribution in [2.45, 2.75) is 0 Å². The molecular weight excluding hydrogens is 271 g/mol. The molecule has 5 nitrogen and oxygen atoms in total. The molecule has 0 aliphatic carbocycles. The van der Waals surface area contributed by atoms with E-state index in [1.807, 2.05) is 0 Å². The van der Waals surface area contributed by atoms with Gasteiger partial charge in [-0.2, -0.15) is 0 Å². The van der Waals surface area contributed by atoms with Crippen LogP contribution in [0.3, 0.4) is 0 Å². The summed E-state index contributed by atoms with van der Waals surface area (Å²) in [6, 6.07) is -0.336. The molecule has 0 saturated heterocycles. The van der Waals surface area contributed by atoms with E-state index < -0.39 is 10.0 Å². The normalized spacial score (nSPS) is 13.2. The fourth-order valence-electron chi connectivity index (χ4n) is 0.199. The second kappa shape index (κ2) is 3.96. The van der Waals surface area contributed by atoms with E-state index in [1.165, 1.54) is 7.11 Å². The average Bonchev–Trinajstić information content (AvgIpc) is 1.87. The van der Waals surface area contributed by atoms with E-state index in [2.05, 4.69) is 9.13 Å². The molecule has 0 heterocycles. The SMILES string of the molecule is CO/C(N)=N/S(=O)(=O)CI. The Balaban J connectivity index is 4.41. The summed E-state index contributed by atoms with van der Waals surface area (Å²) < 4.78 is 28.5. The van der Waals surface area contributed by atoms with Gasteiger partial charge in [0.2, 0.25) is 0 Å². The first-order valence-electron chi connectivity index (χ1n) is 2.20. The standard InChI is InChI=1S/C3H7IN2O3S/c1-9-3(5)6-10(7,8)2-4/h2H2,1H3,(H2,5,6). The predicted octanol–water partition coefficient (Wildman–Crippen LogP) is -0.330. The van der Waals surface area contributed by atoms with E-state index >= 15 is 0 Å². The van der Waals surface area contributed by atoms with Gasteiger partial charge in [0, 0.05) is 0 Å². The minimum Gasteiger partial charge on any atom is -0.468 e. The van der Waals surface area contributed by atoms with E-state index in [-0.39, 0.29) is 9.78 Å². The second-order valence-electron chi connectivity index (χ2n) is 1.32. The smallest absolute Gasteiger partial charge is 0.297 e. The zero-order chi connectivity index (χ0) is 8.20. The maximum Gasteiger partial charge on any atom is 0.297 e. The molecule has 0 aromatic heterocycles. The summed E-state index contributed by atoms with van der Waals surface area (Å²) in [6.45, 7) is 0. The zero-order valence-corrected chi connectivity index (χ0v) is 8.22. The first kappa shape index (κ1) is 9.95. The molecule has 0 amide bonds. The summed E-state index contributed by atoms with van der Waals surface area (Å²) in [7, 11) is -2.15. The Morgan fingerprint density at radius 1 is 1.80 bits per heavy atom. The molecule has 0 rings (SSSR count). The molecule has 7 heteroatoms. The largest absolute Gasteiger partial charge is 0.468 e. The fourth-order valence-corrected chi connectivity index (χ4v) is 1.01. The first-order chi connectivity index (χ1) is 4.52. The summed E-state index contributed by atoms with van der Waals surface area (Å²) in [6.07, 6.45) is 0. The first-order valence-corrected chi connectivity index (χ1v) is 5.33. The Kier molecular flexibility index (Phi) is 3.94. The predicted molar refractivity (Wildman–Crippen MR) is 46.4 cm³/mol. The number of hydrogen-bond donors (Lipinski definition) is 1. The third-order valence-corrected chi connectivity index (χ3v) is 3.67. The Bertz CT molecular complexity index is 222. The van der Waals surface area contributed by atoms with Crippen molar-refractivity contribution < 1.29 is 13.2 Å². The van der Waals surface area contributed by atoms with Crippen molar-refractivity contribution in [1.29, 1.82) is 0 Å². The van der Waals surface area contributed by atoms with E-state index in [0.717, 1.165) is 0 Å². The van der Waals surface area contributed by atoms with Gasteiger partial charge in [-0.15, -0.1) is 4.40 Å². The number of halogens is 1. The number of nitrogens with two attached hydrogens (primary N) is 1. The number of rotatable bonds is 2. The van der Waals surface area contributed by atoms with Crippen molar-refractivity contribution >= 4 is 38.6 Å². The van der Waals surface area contributed by atoms with Crippen molar-refractivity contribution in [2.24, 2.45) is 10.1 Å². The molecular formula is C3H7IN2O3S. The lowest BCUT2D eigenvalue weighted by atomic mass is 11.2. The third-order valence-electron chi connectivity index (χ3n) is 0.576. The van der Waals surface area contributed by atoms with Gasteiger partial charge in [0.25, 0.3) is 16.0 Å². The van der Waals surface area contributed by atoms with Crippen LogP contribution in [0.5, 0.6) is 0 Å². The number of nitrogens with zero attached hydrogens (tertiary/aromatic N) is 1. The Labute approximate surface area is 72.8 Å². The molecule has 0 saturated carbocycles. The average molecular weight is 278 g/mol. The molecule has 60 valence electrons. The van der Waals surface area contributed by atoms with Gasteiger partial charge in [0.15, 0.2) is 0 Å². The highest BCUT2D eigenvalue weighted by atomic mass is 127. The molecule has 0 aliphatic heterocycles. The zero-order valence-electron chi connectivity index (χ0n) is 5.24. The lowest BCUT2D eigenvalue weighted by Gasteiger charge is -1.95. The molecule has 0 unspecified atom stereocenters. The summed E-state index contributed by atoms with van der Waals surface area (Å²) in [5.74, 6) is 0. The minimum absolute atomic E-state index is 0.102. The van der Waals surface area contributed by atoms with Crippen LogP contribution in [0.25, 0.3) is 0 Å². The fraction of sp³-hybridized carbons (Fsp3) is 0.667. The maximum absolute atomic E-state index is 10.6. The monoisotopic (exact) mass is 278 g/mol. The number of hydrogen-bond acceptors (Lipinski definition) is 3. The van der Waals surface area contributed by atoms with Gasteiger partial charge in [0.05, 0.1) is 7.11 Å². The summed E-state index contributed by atoms with van der Waals surface area (Å²) >= 11 is 1.67. The van der Waals surface area contributed by atoms with Crippen molar-refractivity contribution in [2.75, 3.05) is 10.9 Å². The highest BCUT2D eigenvalue weighted by molar-refractivity contribution is 14.1. The molecule has 0 spiro atoms. The lowest BCUT2D eigenvalue weighted by Crippen LogP contribution is -2.16. The third kappa shape index (κ3) is 3.88. The van der Waals surface area contributed by atoms with Gasteiger partial charge in [-0.3, -0.25) is 0 Å². The molecule has 0 bridgehead atoms. The number of methoxy groups -OCH3 is 1. The van der Waals surface area contributed by atoms with Crippen LogP contribution in [0.4, 0.5) is 0 Å². The van der Waals surface area contributed by atoms with E-state index in [9.17, 15) is 8.42 Å². The van der Waals surface area contributed by atoms with E-state index in [4.69, 9.17) is 5.73 Å². The van der Waals surface area contributed by atoms with Crippen LogP contribution in [0.2, 0.25) is 0 Å². The van der Waals surface area contributed by atoms with Crippen LogP contribution in [-0.4, -0.2) is 25.3 Å². The van der Waals surface area contributed by atoms with Gasteiger partial charge >= 0.3 is 0 Å². The van der Waals surface area contributed by atoms with Crippen molar-refractivity contribution in [3.05, 3.63) is 0 Å². The number of amidine groups is 1. The molecule has 0 aromatic carbocycles. The Morgan fingerprint density at radius 2 is 2.30 bits per heavy atom. The second-order valence-corrected chi connectivity index (χ2v) is 4.76. The molecule has 0 radical (unpaired) electrons. The van der Waals surface area contributed by atoms with Crippen molar-refractivity contribution in [3.63, 3.8) is 0 Å². The topological polar surface area (TPSA) is 81.8 Å². The number of sulfonamides is 1. The quantitative estimate of drug-likeness (QED) is 0.324. The number of ether oxygens (including phenoxy) is 1. The van der Waals surface area contributed by atoms with Crippen LogP contribution in [0.1, 0.15) is 0 Å². The van der Waals surface area contributed by atoms with Gasteiger partial charge in [0.1, 0.15) is 3.76 Å². The van der Waals surface area contributed by atoms with E-state index in [0.29, 0.717) is 0 Å². The highest BCUT2D eigenvalue weighted by Crippen LogP contribution is 1.97. The maximum atomic E-state index is 10.6. The molecule has 0 atom stereocenters.